The van der Waals surface area contributed by atoms with E-state index >= 15 is 0 Å². The van der Waals surface area contributed by atoms with Crippen LogP contribution >= 0.6 is 0 Å². The third kappa shape index (κ3) is 1.21. The Morgan fingerprint density at radius 3 is 2.12 bits per heavy atom. The first-order valence-electron chi connectivity index (χ1n) is 3.16. The largest absolute Gasteiger partial charge is 0.234 e. The lowest BCUT2D eigenvalue weighted by Crippen LogP contribution is -1.93. The molecule has 1 rings (SSSR count). The third-order valence-electron chi connectivity index (χ3n) is 1.60. The summed E-state index contributed by atoms with van der Waals surface area (Å²) in [4.78, 5) is 10.00. The fourth-order valence-corrected chi connectivity index (χ4v) is 1.08. The number of hydrogen-bond acceptors (Lipinski definition) is 1. The molecular formula is C7H10O. The topological polar surface area (TPSA) is 17.1 Å². The van der Waals surface area contributed by atoms with Crippen molar-refractivity contribution >= 4 is 5.94 Å². The lowest BCUT2D eigenvalue weighted by atomic mass is 9.96. The maximum atomic E-state index is 10.00. The molecule has 1 heteroatoms. The van der Waals surface area contributed by atoms with Crippen molar-refractivity contribution < 1.29 is 4.79 Å². The van der Waals surface area contributed by atoms with E-state index in [1.165, 1.54) is 19.3 Å². The first-order valence-corrected chi connectivity index (χ1v) is 3.16. The summed E-state index contributed by atoms with van der Waals surface area (Å²) >= 11 is 0. The molecule has 1 nitrogen and oxygen atoms in total. The molecule has 1 fully saturated rings. The zero-order valence-corrected chi connectivity index (χ0v) is 4.94. The predicted octanol–water partition coefficient (Wildman–Crippen LogP) is 1.71. The van der Waals surface area contributed by atoms with Crippen LogP contribution in [-0.4, -0.2) is 5.94 Å². The molecule has 0 aromatic carbocycles. The smallest absolute Gasteiger partial charge is 0.123 e. The van der Waals surface area contributed by atoms with Crippen LogP contribution in [-0.2, 0) is 4.79 Å². The standard InChI is InChI=1S/C7H10O/c8-6-7-4-2-1-3-5-7/h1-5H2. The molecule has 1 aliphatic carbocycles. The number of carbonyl (C=O) groups excluding carboxylic acids is 1. The Kier molecular flexibility index (Phi) is 1.87. The summed E-state index contributed by atoms with van der Waals surface area (Å²) in [7, 11) is 0. The molecule has 0 N–H and O–H groups in total. The average molecular weight is 110 g/mol. The summed E-state index contributed by atoms with van der Waals surface area (Å²) in [5.74, 6) is 1.97. The second-order valence-corrected chi connectivity index (χ2v) is 2.27. The van der Waals surface area contributed by atoms with Gasteiger partial charge >= 0.3 is 0 Å². The van der Waals surface area contributed by atoms with Gasteiger partial charge in [-0.3, -0.25) is 0 Å². The third-order valence-corrected chi connectivity index (χ3v) is 1.60. The Morgan fingerprint density at radius 2 is 1.75 bits per heavy atom. The van der Waals surface area contributed by atoms with Gasteiger partial charge in [0.05, 0.1) is 0 Å². The minimum absolute atomic E-state index is 0.997. The quantitative estimate of drug-likeness (QED) is 0.434. The molecule has 1 aliphatic rings. The van der Waals surface area contributed by atoms with Gasteiger partial charge in [0.15, 0.2) is 0 Å². The lowest BCUT2D eigenvalue weighted by Gasteiger charge is -2.08. The van der Waals surface area contributed by atoms with Crippen LogP contribution in [0.3, 0.4) is 0 Å². The highest BCUT2D eigenvalue weighted by Gasteiger charge is 2.04. The van der Waals surface area contributed by atoms with Gasteiger partial charge in [-0.25, -0.2) is 4.79 Å². The van der Waals surface area contributed by atoms with E-state index in [1.54, 1.807) is 0 Å². The van der Waals surface area contributed by atoms with Gasteiger partial charge in [-0.05, 0) is 25.7 Å². The van der Waals surface area contributed by atoms with Gasteiger partial charge in [-0.15, -0.1) is 0 Å². The van der Waals surface area contributed by atoms with Crippen molar-refractivity contribution in [3.05, 3.63) is 5.57 Å². The van der Waals surface area contributed by atoms with Gasteiger partial charge in [0.2, 0.25) is 0 Å². The molecule has 0 aromatic heterocycles. The molecule has 0 heterocycles. The molecular weight excluding hydrogens is 100 g/mol. The molecule has 0 aliphatic heterocycles. The summed E-state index contributed by atoms with van der Waals surface area (Å²) in [6.45, 7) is 0. The highest BCUT2D eigenvalue weighted by atomic mass is 16.1. The minimum Gasteiger partial charge on any atom is -0.234 e. The summed E-state index contributed by atoms with van der Waals surface area (Å²) in [6, 6.07) is 0. The first kappa shape index (κ1) is 5.58. The Labute approximate surface area is 49.4 Å². The van der Waals surface area contributed by atoms with Crippen molar-refractivity contribution in [1.29, 1.82) is 0 Å². The van der Waals surface area contributed by atoms with Crippen LogP contribution in [0.4, 0.5) is 0 Å². The molecule has 0 radical (unpaired) electrons. The summed E-state index contributed by atoms with van der Waals surface area (Å²) in [5.41, 5.74) is 0.997. The second kappa shape index (κ2) is 2.68. The van der Waals surface area contributed by atoms with Crippen molar-refractivity contribution in [2.24, 2.45) is 0 Å². The van der Waals surface area contributed by atoms with Gasteiger partial charge in [-0.1, -0.05) is 6.42 Å². The maximum Gasteiger partial charge on any atom is 0.123 e. The second-order valence-electron chi connectivity index (χ2n) is 2.27. The zero-order valence-electron chi connectivity index (χ0n) is 4.94. The molecule has 0 atom stereocenters. The van der Waals surface area contributed by atoms with Crippen molar-refractivity contribution in [1.82, 2.24) is 0 Å². The molecule has 44 valence electrons. The summed E-state index contributed by atoms with van der Waals surface area (Å²) < 4.78 is 0. The molecule has 0 bridgehead atoms. The average Bonchev–Trinajstić information content (AvgIpc) is 1.90. The Morgan fingerprint density at radius 1 is 1.12 bits per heavy atom. The molecule has 1 saturated carbocycles. The fourth-order valence-electron chi connectivity index (χ4n) is 1.08. The number of allylic oxidation sites excluding steroid dienone is 1. The van der Waals surface area contributed by atoms with E-state index in [2.05, 4.69) is 0 Å². The van der Waals surface area contributed by atoms with Crippen LogP contribution in [0.15, 0.2) is 5.57 Å². The van der Waals surface area contributed by atoms with Crippen molar-refractivity contribution in [2.45, 2.75) is 32.1 Å². The maximum absolute atomic E-state index is 10.00. The first-order chi connectivity index (χ1) is 3.93. The van der Waals surface area contributed by atoms with Crippen molar-refractivity contribution in [3.8, 4) is 0 Å². The van der Waals surface area contributed by atoms with Crippen LogP contribution in [0.2, 0.25) is 0 Å². The Bertz CT molecular complexity index is 112. The normalized spacial score (nSPS) is 20.2. The molecule has 0 saturated heterocycles. The fraction of sp³-hybridized carbons (Fsp3) is 0.714. The zero-order chi connectivity index (χ0) is 5.82. The highest BCUT2D eigenvalue weighted by molar-refractivity contribution is 5.52. The van der Waals surface area contributed by atoms with Crippen LogP contribution in [0, 0.1) is 0 Å². The van der Waals surface area contributed by atoms with E-state index in [1.807, 2.05) is 5.94 Å². The van der Waals surface area contributed by atoms with Crippen LogP contribution in [0.5, 0.6) is 0 Å². The highest BCUT2D eigenvalue weighted by Crippen LogP contribution is 2.19. The van der Waals surface area contributed by atoms with E-state index in [-0.39, 0.29) is 0 Å². The molecule has 0 amide bonds. The van der Waals surface area contributed by atoms with Crippen LogP contribution in [0.25, 0.3) is 0 Å². The van der Waals surface area contributed by atoms with Gasteiger partial charge in [0.25, 0.3) is 0 Å². The molecule has 0 aromatic rings. The Hall–Kier alpha value is -0.550. The predicted molar refractivity (Wildman–Crippen MR) is 32.3 cm³/mol. The van der Waals surface area contributed by atoms with E-state index in [4.69, 9.17) is 0 Å². The van der Waals surface area contributed by atoms with Gasteiger partial charge in [0, 0.05) is 5.57 Å². The summed E-state index contributed by atoms with van der Waals surface area (Å²) in [5, 5.41) is 0. The van der Waals surface area contributed by atoms with Crippen LogP contribution < -0.4 is 0 Å². The minimum atomic E-state index is 0.997. The molecule has 0 spiro atoms. The van der Waals surface area contributed by atoms with E-state index < -0.39 is 0 Å². The summed E-state index contributed by atoms with van der Waals surface area (Å²) in [6.07, 6.45) is 5.70. The van der Waals surface area contributed by atoms with E-state index in [0.29, 0.717) is 0 Å². The Balaban J connectivity index is 2.45. The molecule has 0 unspecified atom stereocenters. The van der Waals surface area contributed by atoms with Gasteiger partial charge in [0.1, 0.15) is 5.94 Å². The SMILES string of the molecule is O=C=C1CCCCC1. The van der Waals surface area contributed by atoms with Crippen molar-refractivity contribution in [2.75, 3.05) is 0 Å². The van der Waals surface area contributed by atoms with Gasteiger partial charge < -0.3 is 0 Å². The van der Waals surface area contributed by atoms with Crippen LogP contribution in [0.1, 0.15) is 32.1 Å². The number of rotatable bonds is 0. The number of hydrogen-bond donors (Lipinski definition) is 0. The van der Waals surface area contributed by atoms with Crippen molar-refractivity contribution in [3.63, 3.8) is 0 Å². The molecule has 8 heavy (non-hydrogen) atoms. The van der Waals surface area contributed by atoms with E-state index in [9.17, 15) is 4.79 Å². The van der Waals surface area contributed by atoms with E-state index in [0.717, 1.165) is 18.4 Å². The monoisotopic (exact) mass is 110 g/mol. The lowest BCUT2D eigenvalue weighted by molar-refractivity contribution is 0.552. The van der Waals surface area contributed by atoms with Gasteiger partial charge in [-0.2, -0.15) is 0 Å².